The predicted molar refractivity (Wildman–Crippen MR) is 117 cm³/mol. The fourth-order valence-electron chi connectivity index (χ4n) is 4.50. The molecule has 0 aliphatic carbocycles. The number of hydrogen-bond donors (Lipinski definition) is 1. The Balaban J connectivity index is 0.00000676. The Bertz CT molecular complexity index is 354. The first-order valence-corrected chi connectivity index (χ1v) is 12.3. The lowest BCUT2D eigenvalue weighted by Gasteiger charge is -2.08. The molecule has 162 valence electrons. The molecule has 1 aliphatic heterocycles. The van der Waals surface area contributed by atoms with Gasteiger partial charge >= 0.3 is 5.84 Å². The number of hydrogen-bond acceptors (Lipinski definition) is 0. The first-order valence-electron chi connectivity index (χ1n) is 12.3. The standard InChI is InChI=1S/C24H49N2.ClH/c1-4-7-8-9-10-11-12-13-14-15-16-17-18-19-20-21-24-25(5-2)22-23-26(24)6-3;/h4-23H2,1-3H3;1H/q+1;. The highest BCUT2D eigenvalue weighted by molar-refractivity contribution is 5.68. The number of likely N-dealkylation sites (N-methyl/N-ethyl adjacent to an activating group) is 2. The molecule has 2 nitrogen and oxygen atoms in total. The van der Waals surface area contributed by atoms with Gasteiger partial charge in [0.1, 0.15) is 13.1 Å². The van der Waals surface area contributed by atoms with Gasteiger partial charge in [-0.15, -0.1) is 0 Å². The molecule has 0 aromatic heterocycles. The summed E-state index contributed by atoms with van der Waals surface area (Å²) in [6.45, 7) is 12.0. The number of amidine groups is 1. The van der Waals surface area contributed by atoms with E-state index in [1.54, 1.807) is 10.7 Å². The first-order chi connectivity index (χ1) is 12.8. The molecule has 1 heterocycles. The van der Waals surface area contributed by atoms with Gasteiger partial charge in [0.25, 0.3) is 0 Å². The SMILES string of the molecule is CCCCCCCCCCCCCCCCCC1=[N+](CC)CC[NH+]1CC.[Cl-]. The van der Waals surface area contributed by atoms with Crippen molar-refractivity contribution in [1.29, 1.82) is 0 Å². The number of unbranched alkanes of at least 4 members (excludes halogenated alkanes) is 14. The van der Waals surface area contributed by atoms with E-state index < -0.39 is 0 Å². The highest BCUT2D eigenvalue weighted by Crippen LogP contribution is 2.13. The molecular weight excluding hydrogens is 352 g/mol. The number of nitrogens with one attached hydrogen (secondary N) is 1. The summed E-state index contributed by atoms with van der Waals surface area (Å²) in [4.78, 5) is 1.75. The van der Waals surface area contributed by atoms with Gasteiger partial charge in [0.05, 0.1) is 13.0 Å². The maximum absolute atomic E-state index is 2.63. The van der Waals surface area contributed by atoms with Crippen molar-refractivity contribution in [2.24, 2.45) is 0 Å². The van der Waals surface area contributed by atoms with Crippen molar-refractivity contribution in [1.82, 2.24) is 0 Å². The maximum atomic E-state index is 2.63. The van der Waals surface area contributed by atoms with Crippen molar-refractivity contribution >= 4 is 5.84 Å². The average molecular weight is 402 g/mol. The summed E-state index contributed by atoms with van der Waals surface area (Å²) in [7, 11) is 0. The van der Waals surface area contributed by atoms with Gasteiger partial charge in [-0.1, -0.05) is 96.8 Å². The topological polar surface area (TPSA) is 7.45 Å². The first kappa shape index (κ1) is 26.9. The van der Waals surface area contributed by atoms with Crippen LogP contribution in [0.5, 0.6) is 0 Å². The van der Waals surface area contributed by atoms with Crippen LogP contribution in [0.3, 0.4) is 0 Å². The second-order valence-corrected chi connectivity index (χ2v) is 8.43. The molecule has 0 radical (unpaired) electrons. The van der Waals surface area contributed by atoms with E-state index in [1.165, 1.54) is 129 Å². The predicted octanol–water partition coefficient (Wildman–Crippen LogP) is 2.60. The zero-order chi connectivity index (χ0) is 18.9. The van der Waals surface area contributed by atoms with Crippen LogP contribution in [0.1, 0.15) is 124 Å². The fourth-order valence-corrected chi connectivity index (χ4v) is 4.50. The van der Waals surface area contributed by atoms with Crippen molar-refractivity contribution in [3.8, 4) is 0 Å². The van der Waals surface area contributed by atoms with E-state index in [0.29, 0.717) is 0 Å². The summed E-state index contributed by atoms with van der Waals surface area (Å²) in [5, 5.41) is 0. The number of rotatable bonds is 18. The summed E-state index contributed by atoms with van der Waals surface area (Å²) in [5.74, 6) is 1.71. The Morgan fingerprint density at radius 2 is 1.11 bits per heavy atom. The number of nitrogens with zero attached hydrogens (tertiary/aromatic N) is 1. The van der Waals surface area contributed by atoms with Crippen LogP contribution in [0, 0.1) is 0 Å². The molecule has 0 fully saturated rings. The van der Waals surface area contributed by atoms with Gasteiger partial charge in [0, 0.05) is 0 Å². The van der Waals surface area contributed by atoms with E-state index in [4.69, 9.17) is 0 Å². The Hall–Kier alpha value is -0.0800. The van der Waals surface area contributed by atoms with Crippen LogP contribution >= 0.6 is 0 Å². The van der Waals surface area contributed by atoms with Crippen molar-refractivity contribution in [3.63, 3.8) is 0 Å². The monoisotopic (exact) mass is 401 g/mol. The van der Waals surface area contributed by atoms with E-state index >= 15 is 0 Å². The smallest absolute Gasteiger partial charge is 0.336 e. The van der Waals surface area contributed by atoms with Crippen LogP contribution < -0.4 is 17.3 Å². The Morgan fingerprint density at radius 1 is 0.667 bits per heavy atom. The van der Waals surface area contributed by atoms with Crippen molar-refractivity contribution < 1.29 is 21.9 Å². The van der Waals surface area contributed by atoms with Gasteiger partial charge in [0.15, 0.2) is 6.54 Å². The van der Waals surface area contributed by atoms with Gasteiger partial charge in [-0.3, -0.25) is 0 Å². The third-order valence-electron chi connectivity index (χ3n) is 6.30. The second kappa shape index (κ2) is 19.2. The third-order valence-corrected chi connectivity index (χ3v) is 6.30. The second-order valence-electron chi connectivity index (χ2n) is 8.43. The molecule has 1 atom stereocenters. The van der Waals surface area contributed by atoms with E-state index in [1.807, 2.05) is 0 Å². The molecule has 1 rings (SSSR count). The molecule has 0 bridgehead atoms. The summed E-state index contributed by atoms with van der Waals surface area (Å²) < 4.78 is 2.63. The summed E-state index contributed by atoms with van der Waals surface area (Å²) in [5.41, 5.74) is 0. The zero-order valence-electron chi connectivity index (χ0n) is 19.0. The molecule has 1 aliphatic rings. The largest absolute Gasteiger partial charge is 1.00 e. The summed E-state index contributed by atoms with van der Waals surface area (Å²) in [6, 6.07) is 0. The lowest BCUT2D eigenvalue weighted by molar-refractivity contribution is -0.801. The summed E-state index contributed by atoms with van der Waals surface area (Å²) >= 11 is 0. The minimum atomic E-state index is 0. The van der Waals surface area contributed by atoms with Gasteiger partial charge in [-0.2, -0.15) is 4.58 Å². The van der Waals surface area contributed by atoms with Crippen LogP contribution in [-0.2, 0) is 0 Å². The average Bonchev–Trinajstić information content (AvgIpc) is 3.06. The summed E-state index contributed by atoms with van der Waals surface area (Å²) in [6.07, 6.45) is 23.2. The van der Waals surface area contributed by atoms with E-state index in [9.17, 15) is 0 Å². The molecule has 27 heavy (non-hydrogen) atoms. The molecule has 0 spiro atoms. The minimum Gasteiger partial charge on any atom is -1.00 e. The molecule has 1 N–H and O–H groups in total. The van der Waals surface area contributed by atoms with Crippen molar-refractivity contribution in [3.05, 3.63) is 0 Å². The Morgan fingerprint density at radius 3 is 1.52 bits per heavy atom. The number of halogens is 1. The normalized spacial score (nSPS) is 16.8. The van der Waals surface area contributed by atoms with Gasteiger partial charge in [-0.05, 0) is 20.3 Å². The molecule has 0 saturated carbocycles. The van der Waals surface area contributed by atoms with Crippen LogP contribution in [0.4, 0.5) is 0 Å². The van der Waals surface area contributed by atoms with Crippen molar-refractivity contribution in [2.45, 2.75) is 124 Å². The van der Waals surface area contributed by atoms with E-state index in [2.05, 4.69) is 25.3 Å². The lowest BCUT2D eigenvalue weighted by Crippen LogP contribution is -3.13. The zero-order valence-corrected chi connectivity index (χ0v) is 19.7. The van der Waals surface area contributed by atoms with Crippen LogP contribution in [0.25, 0.3) is 0 Å². The molecular formula is C24H50ClN2+. The maximum Gasteiger partial charge on any atom is 0.336 e. The molecule has 0 aromatic rings. The van der Waals surface area contributed by atoms with E-state index in [-0.39, 0.29) is 12.4 Å². The van der Waals surface area contributed by atoms with Crippen LogP contribution in [0.2, 0.25) is 0 Å². The van der Waals surface area contributed by atoms with Gasteiger partial charge in [-0.25, -0.2) is 4.90 Å². The molecule has 1 unspecified atom stereocenters. The molecule has 0 saturated heterocycles. The number of quaternary nitrogens is 1. The Kier molecular flexibility index (Phi) is 19.2. The molecule has 0 amide bonds. The Labute approximate surface area is 177 Å². The van der Waals surface area contributed by atoms with Gasteiger partial charge in [0.2, 0.25) is 0 Å². The minimum absolute atomic E-state index is 0. The molecule has 0 aromatic carbocycles. The van der Waals surface area contributed by atoms with Crippen LogP contribution in [-0.4, -0.2) is 36.6 Å². The van der Waals surface area contributed by atoms with Crippen LogP contribution in [0.15, 0.2) is 0 Å². The molecule has 3 heteroatoms. The van der Waals surface area contributed by atoms with E-state index in [0.717, 1.165) is 0 Å². The quantitative estimate of drug-likeness (QED) is 0.266. The van der Waals surface area contributed by atoms with Gasteiger partial charge < -0.3 is 12.4 Å². The van der Waals surface area contributed by atoms with Crippen molar-refractivity contribution in [2.75, 3.05) is 26.2 Å². The highest BCUT2D eigenvalue weighted by Gasteiger charge is 2.32. The third kappa shape index (κ3) is 12.9. The fraction of sp³-hybridized carbons (Fsp3) is 0.958. The lowest BCUT2D eigenvalue weighted by atomic mass is 10.0. The highest BCUT2D eigenvalue weighted by atomic mass is 35.5.